The van der Waals surface area contributed by atoms with Gasteiger partial charge in [0.25, 0.3) is 0 Å². The van der Waals surface area contributed by atoms with E-state index in [2.05, 4.69) is 12.6 Å². The minimum atomic E-state index is 0.259. The molecule has 0 atom stereocenters. The molecule has 2 nitrogen and oxygen atoms in total. The molecule has 0 radical (unpaired) electrons. The second kappa shape index (κ2) is 3.71. The van der Waals surface area contributed by atoms with Gasteiger partial charge in [0, 0.05) is 10.3 Å². The van der Waals surface area contributed by atoms with Crippen molar-refractivity contribution in [3.63, 3.8) is 0 Å². The van der Waals surface area contributed by atoms with E-state index in [1.54, 1.807) is 12.1 Å². The number of ether oxygens (including phenoxy) is 1. The molecule has 0 aliphatic carbocycles. The number of thiol groups is 1. The Balaban J connectivity index is 2.70. The summed E-state index contributed by atoms with van der Waals surface area (Å²) in [5, 5.41) is 12.3. The molecule has 2 aromatic rings. The lowest BCUT2D eigenvalue weighted by Crippen LogP contribution is -1.90. The van der Waals surface area contributed by atoms with Crippen LogP contribution < -0.4 is 4.74 Å². The van der Waals surface area contributed by atoms with Gasteiger partial charge in [-0.1, -0.05) is 0 Å². The normalized spacial score (nSPS) is 10.7. The van der Waals surface area contributed by atoms with Crippen LogP contribution in [-0.2, 0) is 0 Å². The van der Waals surface area contributed by atoms with E-state index in [1.165, 1.54) is 11.3 Å². The van der Waals surface area contributed by atoms with Crippen LogP contribution in [0, 0.1) is 0 Å². The first-order valence-corrected chi connectivity index (χ1v) is 5.61. The zero-order valence-corrected chi connectivity index (χ0v) is 9.36. The van der Waals surface area contributed by atoms with E-state index in [-0.39, 0.29) is 5.75 Å². The van der Waals surface area contributed by atoms with E-state index >= 15 is 0 Å². The van der Waals surface area contributed by atoms with Crippen LogP contribution in [0.2, 0.25) is 0 Å². The number of hydrogen-bond donors (Lipinski definition) is 2. The van der Waals surface area contributed by atoms with Crippen molar-refractivity contribution in [2.24, 2.45) is 0 Å². The lowest BCUT2D eigenvalue weighted by atomic mass is 10.2. The fraction of sp³-hybridized carbons (Fsp3) is 0.200. The maximum atomic E-state index is 9.64. The highest BCUT2D eigenvalue weighted by molar-refractivity contribution is 7.80. The lowest BCUT2D eigenvalue weighted by Gasteiger charge is -2.05. The standard InChI is InChI=1S/C10H10O2S2/c1-2-12-7-4-3-6(11)9-8(13)5-14-10(7)9/h3-5,11,13H,2H2,1H3. The Kier molecular flexibility index (Phi) is 2.56. The Morgan fingerprint density at radius 2 is 2.29 bits per heavy atom. The highest BCUT2D eigenvalue weighted by Gasteiger charge is 2.10. The molecule has 4 heteroatoms. The largest absolute Gasteiger partial charge is 0.507 e. The summed E-state index contributed by atoms with van der Waals surface area (Å²) in [5.74, 6) is 1.07. The maximum Gasteiger partial charge on any atom is 0.137 e. The molecule has 14 heavy (non-hydrogen) atoms. The van der Waals surface area contributed by atoms with Gasteiger partial charge >= 0.3 is 0 Å². The molecule has 0 amide bonds. The van der Waals surface area contributed by atoms with Crippen LogP contribution >= 0.6 is 24.0 Å². The second-order valence-corrected chi connectivity index (χ2v) is 4.20. The summed E-state index contributed by atoms with van der Waals surface area (Å²) in [4.78, 5) is 0.795. The molecule has 1 heterocycles. The minimum Gasteiger partial charge on any atom is -0.507 e. The highest BCUT2D eigenvalue weighted by atomic mass is 32.1. The summed E-state index contributed by atoms with van der Waals surface area (Å²) < 4.78 is 6.41. The summed E-state index contributed by atoms with van der Waals surface area (Å²) in [7, 11) is 0. The first-order valence-electron chi connectivity index (χ1n) is 4.29. The van der Waals surface area contributed by atoms with Gasteiger partial charge in [0.05, 0.1) is 16.7 Å². The molecule has 1 N–H and O–H groups in total. The van der Waals surface area contributed by atoms with Crippen molar-refractivity contribution < 1.29 is 9.84 Å². The van der Waals surface area contributed by atoms with E-state index in [0.29, 0.717) is 6.61 Å². The third-order valence-electron chi connectivity index (χ3n) is 1.94. The average Bonchev–Trinajstić information content (AvgIpc) is 2.54. The smallest absolute Gasteiger partial charge is 0.137 e. The average molecular weight is 226 g/mol. The van der Waals surface area contributed by atoms with Crippen molar-refractivity contribution >= 4 is 34.1 Å². The van der Waals surface area contributed by atoms with Crippen molar-refractivity contribution in [3.8, 4) is 11.5 Å². The van der Waals surface area contributed by atoms with Gasteiger partial charge in [-0.15, -0.1) is 24.0 Å². The molecule has 1 aromatic heterocycles. The molecule has 0 saturated carbocycles. The van der Waals surface area contributed by atoms with Crippen molar-refractivity contribution in [2.45, 2.75) is 11.8 Å². The number of phenols is 1. The second-order valence-electron chi connectivity index (χ2n) is 2.84. The van der Waals surface area contributed by atoms with Gasteiger partial charge in [0.15, 0.2) is 0 Å². The van der Waals surface area contributed by atoms with E-state index in [9.17, 15) is 5.11 Å². The van der Waals surface area contributed by atoms with E-state index in [1.807, 2.05) is 12.3 Å². The van der Waals surface area contributed by atoms with Crippen LogP contribution in [0.3, 0.4) is 0 Å². The van der Waals surface area contributed by atoms with Gasteiger partial charge in [-0.05, 0) is 19.1 Å². The monoisotopic (exact) mass is 226 g/mol. The van der Waals surface area contributed by atoms with Crippen LogP contribution in [0.4, 0.5) is 0 Å². The number of fused-ring (bicyclic) bond motifs is 1. The molecule has 2 rings (SSSR count). The predicted molar refractivity (Wildman–Crippen MR) is 61.9 cm³/mol. The SMILES string of the molecule is CCOc1ccc(O)c2c(S)csc12. The zero-order chi connectivity index (χ0) is 10.1. The molecule has 0 fully saturated rings. The van der Waals surface area contributed by atoms with Gasteiger partial charge < -0.3 is 9.84 Å². The molecular formula is C10H10O2S2. The molecule has 0 saturated heterocycles. The molecular weight excluding hydrogens is 216 g/mol. The Morgan fingerprint density at radius 1 is 1.50 bits per heavy atom. The number of phenolic OH excluding ortho intramolecular Hbond substituents is 1. The lowest BCUT2D eigenvalue weighted by molar-refractivity contribution is 0.344. The molecule has 1 aromatic carbocycles. The van der Waals surface area contributed by atoms with Gasteiger partial charge in [-0.3, -0.25) is 0 Å². The summed E-state index contributed by atoms with van der Waals surface area (Å²) >= 11 is 5.81. The summed E-state index contributed by atoms with van der Waals surface area (Å²) in [6.07, 6.45) is 0. The van der Waals surface area contributed by atoms with E-state index in [0.717, 1.165) is 20.7 Å². The summed E-state index contributed by atoms with van der Waals surface area (Å²) in [5.41, 5.74) is 0. The van der Waals surface area contributed by atoms with Gasteiger partial charge in [0.2, 0.25) is 0 Å². The number of aromatic hydroxyl groups is 1. The maximum absolute atomic E-state index is 9.64. The predicted octanol–water partition coefficient (Wildman–Crippen LogP) is 3.29. The molecule has 0 aliphatic rings. The van der Waals surface area contributed by atoms with Crippen molar-refractivity contribution in [1.29, 1.82) is 0 Å². The molecule has 0 bridgehead atoms. The van der Waals surface area contributed by atoms with Crippen LogP contribution in [-0.4, -0.2) is 11.7 Å². The van der Waals surface area contributed by atoms with Crippen LogP contribution in [0.15, 0.2) is 22.4 Å². The topological polar surface area (TPSA) is 29.5 Å². The number of rotatable bonds is 2. The summed E-state index contributed by atoms with van der Waals surface area (Å²) in [6, 6.07) is 3.42. The first kappa shape index (κ1) is 9.68. The Hall–Kier alpha value is -0.870. The zero-order valence-electron chi connectivity index (χ0n) is 7.65. The van der Waals surface area contributed by atoms with Gasteiger partial charge in [-0.25, -0.2) is 0 Å². The van der Waals surface area contributed by atoms with Gasteiger partial charge in [0.1, 0.15) is 11.5 Å². The molecule has 0 spiro atoms. The summed E-state index contributed by atoms with van der Waals surface area (Å²) in [6.45, 7) is 2.56. The minimum absolute atomic E-state index is 0.259. The molecule has 0 unspecified atom stereocenters. The molecule has 74 valence electrons. The van der Waals surface area contributed by atoms with Crippen molar-refractivity contribution in [1.82, 2.24) is 0 Å². The third-order valence-corrected chi connectivity index (χ3v) is 3.47. The number of thiophene rings is 1. The highest BCUT2D eigenvalue weighted by Crippen LogP contribution is 2.40. The Morgan fingerprint density at radius 3 is 3.00 bits per heavy atom. The Labute approximate surface area is 91.5 Å². The fourth-order valence-corrected chi connectivity index (χ4v) is 2.74. The third kappa shape index (κ3) is 1.44. The number of benzene rings is 1. The van der Waals surface area contributed by atoms with E-state index in [4.69, 9.17) is 4.74 Å². The van der Waals surface area contributed by atoms with Crippen LogP contribution in [0.1, 0.15) is 6.92 Å². The van der Waals surface area contributed by atoms with Gasteiger partial charge in [-0.2, -0.15) is 0 Å². The van der Waals surface area contributed by atoms with Crippen molar-refractivity contribution in [3.05, 3.63) is 17.5 Å². The molecule has 0 aliphatic heterocycles. The van der Waals surface area contributed by atoms with E-state index < -0.39 is 0 Å². The van der Waals surface area contributed by atoms with Crippen LogP contribution in [0.5, 0.6) is 11.5 Å². The first-order chi connectivity index (χ1) is 6.74. The quantitative estimate of drug-likeness (QED) is 0.769. The fourth-order valence-electron chi connectivity index (χ4n) is 1.36. The van der Waals surface area contributed by atoms with Crippen LogP contribution in [0.25, 0.3) is 10.1 Å². The number of hydrogen-bond acceptors (Lipinski definition) is 4. The van der Waals surface area contributed by atoms with Crippen molar-refractivity contribution in [2.75, 3.05) is 6.61 Å². The Bertz CT molecular complexity index is 462.